The molecule has 1 heterocycles. The van der Waals surface area contributed by atoms with Crippen LogP contribution in [-0.4, -0.2) is 30.7 Å². The number of ether oxygens (including phenoxy) is 1. The molecule has 4 rings (SSSR count). The number of halogens is 1. The van der Waals surface area contributed by atoms with E-state index in [0.717, 1.165) is 27.8 Å². The van der Waals surface area contributed by atoms with Crippen molar-refractivity contribution in [1.29, 1.82) is 0 Å². The zero-order valence-electron chi connectivity index (χ0n) is 17.1. The summed E-state index contributed by atoms with van der Waals surface area (Å²) in [6.45, 7) is 3.25. The molecule has 3 aromatic carbocycles. The van der Waals surface area contributed by atoms with E-state index in [2.05, 4.69) is 4.99 Å². The summed E-state index contributed by atoms with van der Waals surface area (Å²) in [7, 11) is 1.72. The molecule has 0 N–H and O–H groups in total. The molecule has 0 saturated heterocycles. The number of nitrogens with zero attached hydrogens (tertiary/aromatic N) is 2. The van der Waals surface area contributed by atoms with Crippen LogP contribution >= 0.6 is 0 Å². The van der Waals surface area contributed by atoms with Crippen molar-refractivity contribution in [2.24, 2.45) is 4.99 Å². The first kappa shape index (κ1) is 19.8. The van der Waals surface area contributed by atoms with Crippen molar-refractivity contribution in [2.45, 2.75) is 20.0 Å². The molecule has 0 aromatic heterocycles. The van der Waals surface area contributed by atoms with Crippen LogP contribution in [0.1, 0.15) is 34.0 Å². The van der Waals surface area contributed by atoms with Gasteiger partial charge in [0.05, 0.1) is 13.2 Å². The first-order chi connectivity index (χ1) is 14.6. The summed E-state index contributed by atoms with van der Waals surface area (Å²) in [6.07, 6.45) is 1.68. The zero-order valence-corrected chi connectivity index (χ0v) is 17.1. The van der Waals surface area contributed by atoms with Gasteiger partial charge in [-0.3, -0.25) is 9.79 Å². The van der Waals surface area contributed by atoms with Gasteiger partial charge in [0, 0.05) is 36.5 Å². The third-order valence-corrected chi connectivity index (χ3v) is 5.19. The molecular weight excluding hydrogens is 379 g/mol. The lowest BCUT2D eigenvalue weighted by Crippen LogP contribution is -2.27. The van der Waals surface area contributed by atoms with Crippen LogP contribution in [0.5, 0.6) is 5.75 Å². The molecule has 0 spiro atoms. The highest BCUT2D eigenvalue weighted by atomic mass is 19.1. The van der Waals surface area contributed by atoms with Crippen molar-refractivity contribution in [2.75, 3.05) is 13.7 Å². The second-order valence-electron chi connectivity index (χ2n) is 7.27. The number of carbonyl (C=O) groups excluding carboxylic acids is 1. The van der Waals surface area contributed by atoms with Crippen molar-refractivity contribution in [3.8, 4) is 16.9 Å². The summed E-state index contributed by atoms with van der Waals surface area (Å²) < 4.78 is 19.8. The van der Waals surface area contributed by atoms with Crippen LogP contribution in [0.25, 0.3) is 11.1 Å². The molecule has 1 amide bonds. The van der Waals surface area contributed by atoms with Crippen LogP contribution in [0.4, 0.5) is 4.39 Å². The Hall–Kier alpha value is -3.47. The quantitative estimate of drug-likeness (QED) is 0.576. The Bertz CT molecular complexity index is 1110. The molecule has 3 aromatic rings. The predicted molar refractivity (Wildman–Crippen MR) is 117 cm³/mol. The maximum Gasteiger partial charge on any atom is 0.254 e. The minimum Gasteiger partial charge on any atom is -0.493 e. The summed E-state index contributed by atoms with van der Waals surface area (Å²) in [4.78, 5) is 18.9. The fourth-order valence-corrected chi connectivity index (χ4v) is 3.73. The fraction of sp³-hybridized carbons (Fsp3) is 0.200. The van der Waals surface area contributed by atoms with Crippen molar-refractivity contribution in [3.63, 3.8) is 0 Å². The zero-order chi connectivity index (χ0) is 21.1. The number of rotatable bonds is 6. The molecule has 30 heavy (non-hydrogen) atoms. The van der Waals surface area contributed by atoms with Gasteiger partial charge in [0.25, 0.3) is 5.91 Å². The summed E-state index contributed by atoms with van der Waals surface area (Å²) in [5.74, 6) is 0.208. The molecular formula is C25H23FN2O2. The van der Waals surface area contributed by atoms with Gasteiger partial charge in [0.1, 0.15) is 11.6 Å². The van der Waals surface area contributed by atoms with E-state index < -0.39 is 0 Å². The van der Waals surface area contributed by atoms with Crippen LogP contribution in [0.3, 0.4) is 0 Å². The first-order valence-corrected chi connectivity index (χ1v) is 9.95. The van der Waals surface area contributed by atoms with E-state index in [-0.39, 0.29) is 11.7 Å². The van der Waals surface area contributed by atoms with Crippen LogP contribution < -0.4 is 4.74 Å². The highest BCUT2D eigenvalue weighted by Crippen LogP contribution is 2.31. The molecule has 0 radical (unpaired) electrons. The van der Waals surface area contributed by atoms with E-state index in [1.54, 1.807) is 24.2 Å². The molecule has 0 bridgehead atoms. The number of amides is 1. The highest BCUT2D eigenvalue weighted by Gasteiger charge is 2.19. The first-order valence-electron chi connectivity index (χ1n) is 9.95. The van der Waals surface area contributed by atoms with Crippen molar-refractivity contribution in [1.82, 2.24) is 4.90 Å². The van der Waals surface area contributed by atoms with Gasteiger partial charge in [-0.05, 0) is 53.9 Å². The molecule has 1 aliphatic heterocycles. The summed E-state index contributed by atoms with van der Waals surface area (Å²) >= 11 is 0. The van der Waals surface area contributed by atoms with Gasteiger partial charge in [-0.15, -0.1) is 0 Å². The maximum absolute atomic E-state index is 14.0. The smallest absolute Gasteiger partial charge is 0.254 e. The Balaban J connectivity index is 1.60. The topological polar surface area (TPSA) is 41.9 Å². The lowest BCUT2D eigenvalue weighted by molar-refractivity contribution is 0.0784. The van der Waals surface area contributed by atoms with Crippen molar-refractivity contribution < 1.29 is 13.9 Å². The molecule has 0 aliphatic carbocycles. The molecule has 0 unspecified atom stereocenters. The van der Waals surface area contributed by atoms with E-state index in [9.17, 15) is 9.18 Å². The number of hydrogen-bond acceptors (Lipinski definition) is 3. The minimum atomic E-state index is -0.316. The highest BCUT2D eigenvalue weighted by molar-refractivity contribution is 5.95. The average molecular weight is 402 g/mol. The summed E-state index contributed by atoms with van der Waals surface area (Å²) in [5, 5.41) is 0. The third kappa shape index (κ3) is 3.96. The number of benzene rings is 3. The number of aliphatic imine (C=N–C) groups is 1. The minimum absolute atomic E-state index is 0.146. The Labute approximate surface area is 175 Å². The van der Waals surface area contributed by atoms with E-state index in [1.165, 1.54) is 12.1 Å². The Kier molecular flexibility index (Phi) is 5.61. The fourth-order valence-electron chi connectivity index (χ4n) is 3.73. The number of fused-ring (bicyclic) bond motifs is 1. The molecule has 0 saturated carbocycles. The van der Waals surface area contributed by atoms with Gasteiger partial charge in [0.15, 0.2) is 0 Å². The Morgan fingerprint density at radius 2 is 1.93 bits per heavy atom. The van der Waals surface area contributed by atoms with Crippen LogP contribution in [-0.2, 0) is 13.1 Å². The standard InChI is InChI=1S/C25H23FN2O2/c1-3-30-24-13-18(9-10-22(24)17-7-5-4-6-8-17)25(29)28(2)16-20-12-21(26)11-19-14-27-15-23(19)20/h4-14H,3,15-16H2,1-2H3. The van der Waals surface area contributed by atoms with Gasteiger partial charge >= 0.3 is 0 Å². The molecule has 0 atom stereocenters. The van der Waals surface area contributed by atoms with E-state index >= 15 is 0 Å². The lowest BCUT2D eigenvalue weighted by atomic mass is 10.0. The molecule has 5 heteroatoms. The number of hydrogen-bond donors (Lipinski definition) is 0. The van der Waals surface area contributed by atoms with Crippen LogP contribution in [0, 0.1) is 5.82 Å². The van der Waals surface area contributed by atoms with Gasteiger partial charge in [-0.2, -0.15) is 0 Å². The molecule has 4 nitrogen and oxygen atoms in total. The third-order valence-electron chi connectivity index (χ3n) is 5.19. The summed E-state index contributed by atoms with van der Waals surface area (Å²) in [6, 6.07) is 18.4. The Morgan fingerprint density at radius 1 is 1.13 bits per heavy atom. The molecule has 0 fully saturated rings. The monoisotopic (exact) mass is 402 g/mol. The normalized spacial score (nSPS) is 12.0. The Morgan fingerprint density at radius 3 is 2.70 bits per heavy atom. The maximum atomic E-state index is 14.0. The summed E-state index contributed by atoms with van der Waals surface area (Å²) in [5.41, 5.74) is 5.05. The second kappa shape index (κ2) is 8.49. The van der Waals surface area contributed by atoms with Crippen LogP contribution in [0.2, 0.25) is 0 Å². The lowest BCUT2D eigenvalue weighted by Gasteiger charge is -2.20. The SMILES string of the molecule is CCOc1cc(C(=O)N(C)Cc2cc(F)cc3c2CN=C3)ccc1-c1ccccc1. The van der Waals surface area contributed by atoms with E-state index in [0.29, 0.717) is 31.0 Å². The van der Waals surface area contributed by atoms with E-state index in [4.69, 9.17) is 4.74 Å². The van der Waals surface area contributed by atoms with Crippen molar-refractivity contribution in [3.05, 3.63) is 88.7 Å². The van der Waals surface area contributed by atoms with Gasteiger partial charge < -0.3 is 9.64 Å². The number of carbonyl (C=O) groups is 1. The van der Waals surface area contributed by atoms with Gasteiger partial charge in [-0.25, -0.2) is 4.39 Å². The van der Waals surface area contributed by atoms with Gasteiger partial charge in [-0.1, -0.05) is 30.3 Å². The second-order valence-corrected chi connectivity index (χ2v) is 7.27. The largest absolute Gasteiger partial charge is 0.493 e. The van der Waals surface area contributed by atoms with E-state index in [1.807, 2.05) is 49.4 Å². The molecule has 152 valence electrons. The molecule has 1 aliphatic rings. The van der Waals surface area contributed by atoms with Crippen LogP contribution in [0.15, 0.2) is 65.7 Å². The van der Waals surface area contributed by atoms with Crippen molar-refractivity contribution >= 4 is 12.1 Å². The predicted octanol–water partition coefficient (Wildman–Crippen LogP) is 5.10. The average Bonchev–Trinajstić information content (AvgIpc) is 3.22. The van der Waals surface area contributed by atoms with Gasteiger partial charge in [0.2, 0.25) is 0 Å².